The number of aliphatic hydroxyl groups excluding tert-OH is 1. The van der Waals surface area contributed by atoms with Crippen LogP contribution in [0.3, 0.4) is 0 Å². The number of hydrogen-bond donors (Lipinski definition) is 1. The number of carbonyl (C=O) groups is 1. The first-order valence-corrected chi connectivity index (χ1v) is 23.7. The molecule has 316 valence electrons. The van der Waals surface area contributed by atoms with Crippen molar-refractivity contribution >= 4 is 5.97 Å². The van der Waals surface area contributed by atoms with Gasteiger partial charge >= 0.3 is 5.97 Å². The first-order chi connectivity index (χ1) is 26.7. The van der Waals surface area contributed by atoms with E-state index in [0.29, 0.717) is 19.6 Å². The van der Waals surface area contributed by atoms with Gasteiger partial charge in [-0.3, -0.25) is 4.79 Å². The highest BCUT2D eigenvalue weighted by molar-refractivity contribution is 5.69. The van der Waals surface area contributed by atoms with E-state index in [-0.39, 0.29) is 12.6 Å². The van der Waals surface area contributed by atoms with Crippen LogP contribution >= 0.6 is 0 Å². The number of hydrogen-bond acceptors (Lipinski definition) is 4. The molecule has 0 amide bonds. The fourth-order valence-electron chi connectivity index (χ4n) is 6.80. The highest BCUT2D eigenvalue weighted by Crippen LogP contribution is 2.14. The van der Waals surface area contributed by atoms with Gasteiger partial charge in [-0.2, -0.15) is 0 Å². The van der Waals surface area contributed by atoms with Crippen LogP contribution in [0.5, 0.6) is 0 Å². The maximum absolute atomic E-state index is 12.2. The Morgan fingerprint density at radius 2 is 0.778 bits per heavy atom. The van der Waals surface area contributed by atoms with Crippen LogP contribution in [0.4, 0.5) is 0 Å². The lowest BCUT2D eigenvalue weighted by atomic mass is 10.1. The smallest absolute Gasteiger partial charge is 0.306 e. The number of aliphatic hydroxyl groups is 1. The summed E-state index contributed by atoms with van der Waals surface area (Å²) in [5.74, 6) is -0.207. The van der Waals surface area contributed by atoms with Crippen molar-refractivity contribution in [3.05, 3.63) is 48.6 Å². The normalized spacial score (nSPS) is 12.7. The SMILES string of the molecule is CCCCCCC/C=C\C/C=C\C/C=C\CCCCCCCCCCC(=O)OC(CO)COCCCCCCCCCC/C=C\CCCCCCCCC. The van der Waals surface area contributed by atoms with Gasteiger partial charge in [0.1, 0.15) is 6.10 Å². The van der Waals surface area contributed by atoms with E-state index in [2.05, 4.69) is 62.5 Å². The molecule has 1 atom stereocenters. The molecule has 0 fully saturated rings. The van der Waals surface area contributed by atoms with Crippen LogP contribution < -0.4 is 0 Å². The van der Waals surface area contributed by atoms with E-state index in [1.165, 1.54) is 186 Å². The predicted molar refractivity (Wildman–Crippen MR) is 237 cm³/mol. The molecule has 0 spiro atoms. The van der Waals surface area contributed by atoms with E-state index < -0.39 is 6.10 Å². The van der Waals surface area contributed by atoms with Gasteiger partial charge < -0.3 is 14.6 Å². The van der Waals surface area contributed by atoms with Crippen molar-refractivity contribution in [1.82, 2.24) is 0 Å². The monoisotopic (exact) mass is 757 g/mol. The molecular formula is C50H92O4. The van der Waals surface area contributed by atoms with Gasteiger partial charge in [0, 0.05) is 13.0 Å². The molecule has 0 radical (unpaired) electrons. The first kappa shape index (κ1) is 52.3. The summed E-state index contributed by atoms with van der Waals surface area (Å²) in [4.78, 5) is 12.2. The summed E-state index contributed by atoms with van der Waals surface area (Å²) in [7, 11) is 0. The maximum Gasteiger partial charge on any atom is 0.306 e. The second kappa shape index (κ2) is 47.5. The molecule has 0 aliphatic carbocycles. The summed E-state index contributed by atoms with van der Waals surface area (Å²) in [6.07, 6.45) is 61.8. The first-order valence-electron chi connectivity index (χ1n) is 23.7. The van der Waals surface area contributed by atoms with Crippen molar-refractivity contribution < 1.29 is 19.4 Å². The van der Waals surface area contributed by atoms with Crippen molar-refractivity contribution in [2.45, 2.75) is 245 Å². The summed E-state index contributed by atoms with van der Waals surface area (Å²) in [6, 6.07) is 0. The summed E-state index contributed by atoms with van der Waals surface area (Å²) in [5.41, 5.74) is 0. The van der Waals surface area contributed by atoms with E-state index in [9.17, 15) is 9.90 Å². The highest BCUT2D eigenvalue weighted by Gasteiger charge is 2.13. The topological polar surface area (TPSA) is 55.8 Å². The lowest BCUT2D eigenvalue weighted by molar-refractivity contribution is -0.154. The molecule has 0 aromatic carbocycles. The third-order valence-corrected chi connectivity index (χ3v) is 10.4. The molecule has 0 aliphatic rings. The van der Waals surface area contributed by atoms with Gasteiger partial charge in [0.05, 0.1) is 13.2 Å². The molecule has 54 heavy (non-hydrogen) atoms. The van der Waals surface area contributed by atoms with Gasteiger partial charge in [-0.1, -0.05) is 204 Å². The third kappa shape index (κ3) is 44.7. The number of allylic oxidation sites excluding steroid dienone is 8. The minimum absolute atomic E-state index is 0.176. The quantitative estimate of drug-likeness (QED) is 0.0382. The molecule has 1 N–H and O–H groups in total. The third-order valence-electron chi connectivity index (χ3n) is 10.4. The minimum atomic E-state index is -0.541. The molecule has 4 nitrogen and oxygen atoms in total. The molecule has 0 rings (SSSR count). The van der Waals surface area contributed by atoms with Gasteiger partial charge in [0.15, 0.2) is 0 Å². The Hall–Kier alpha value is -1.65. The number of carbonyl (C=O) groups excluding carboxylic acids is 1. The molecule has 0 heterocycles. The van der Waals surface area contributed by atoms with Gasteiger partial charge in [0.2, 0.25) is 0 Å². The standard InChI is InChI=1S/C50H92O4/c1-3-5-7-9-11-13-15-17-19-21-23-24-25-26-27-29-31-33-35-37-39-41-43-45-50(52)54-49(47-51)48-53-46-44-42-40-38-36-34-32-30-28-22-20-18-16-14-12-10-8-6-4-2/h15,17,20-23,25-26,49,51H,3-14,16,18-19,24,27-48H2,1-2H3/b17-15-,22-20-,23-21-,26-25-. The van der Waals surface area contributed by atoms with Crippen LogP contribution in [-0.4, -0.2) is 37.0 Å². The van der Waals surface area contributed by atoms with Crippen molar-refractivity contribution in [3.8, 4) is 0 Å². The molecule has 1 unspecified atom stereocenters. The Kier molecular flexibility index (Phi) is 46.0. The lowest BCUT2D eigenvalue weighted by Crippen LogP contribution is -2.27. The molecule has 0 aromatic rings. The zero-order valence-corrected chi connectivity index (χ0v) is 36.2. The molecule has 0 saturated carbocycles. The van der Waals surface area contributed by atoms with Crippen molar-refractivity contribution in [2.75, 3.05) is 19.8 Å². The lowest BCUT2D eigenvalue weighted by Gasteiger charge is -2.16. The van der Waals surface area contributed by atoms with E-state index in [4.69, 9.17) is 9.47 Å². The average Bonchev–Trinajstić information content (AvgIpc) is 3.18. The summed E-state index contributed by atoms with van der Waals surface area (Å²) in [6.45, 7) is 5.34. The van der Waals surface area contributed by atoms with E-state index >= 15 is 0 Å². The molecule has 0 saturated heterocycles. The molecular weight excluding hydrogens is 665 g/mol. The second-order valence-electron chi connectivity index (χ2n) is 15.8. The number of unbranched alkanes of at least 4 members (excludes halogenated alkanes) is 28. The van der Waals surface area contributed by atoms with Crippen LogP contribution in [0.2, 0.25) is 0 Å². The largest absolute Gasteiger partial charge is 0.457 e. The van der Waals surface area contributed by atoms with E-state index in [1.807, 2.05) is 0 Å². The Bertz CT molecular complexity index is 844. The van der Waals surface area contributed by atoms with Crippen LogP contribution in [0.25, 0.3) is 0 Å². The Labute approximate surface area is 337 Å². The van der Waals surface area contributed by atoms with Crippen molar-refractivity contribution in [1.29, 1.82) is 0 Å². The Morgan fingerprint density at radius 1 is 0.444 bits per heavy atom. The summed E-state index contributed by atoms with van der Waals surface area (Å²) < 4.78 is 11.2. The van der Waals surface area contributed by atoms with E-state index in [0.717, 1.165) is 32.1 Å². The van der Waals surface area contributed by atoms with Crippen LogP contribution in [0.1, 0.15) is 239 Å². The fourth-order valence-corrected chi connectivity index (χ4v) is 6.80. The zero-order chi connectivity index (χ0) is 39.1. The second-order valence-corrected chi connectivity index (χ2v) is 15.8. The van der Waals surface area contributed by atoms with Gasteiger partial charge in [-0.05, 0) is 77.0 Å². The predicted octanol–water partition coefficient (Wildman–Crippen LogP) is 15.8. The molecule has 0 aromatic heterocycles. The highest BCUT2D eigenvalue weighted by atomic mass is 16.6. The molecule has 0 bridgehead atoms. The molecule has 0 aliphatic heterocycles. The van der Waals surface area contributed by atoms with E-state index in [1.54, 1.807) is 0 Å². The van der Waals surface area contributed by atoms with Crippen LogP contribution in [0.15, 0.2) is 48.6 Å². The number of esters is 1. The van der Waals surface area contributed by atoms with Crippen molar-refractivity contribution in [3.63, 3.8) is 0 Å². The Balaban J connectivity index is 3.45. The Morgan fingerprint density at radius 3 is 1.19 bits per heavy atom. The number of rotatable bonds is 44. The maximum atomic E-state index is 12.2. The summed E-state index contributed by atoms with van der Waals surface area (Å²) >= 11 is 0. The molecule has 4 heteroatoms. The van der Waals surface area contributed by atoms with Crippen LogP contribution in [-0.2, 0) is 14.3 Å². The van der Waals surface area contributed by atoms with Gasteiger partial charge in [0.25, 0.3) is 0 Å². The van der Waals surface area contributed by atoms with Crippen LogP contribution in [0, 0.1) is 0 Å². The van der Waals surface area contributed by atoms with Gasteiger partial charge in [-0.25, -0.2) is 0 Å². The zero-order valence-electron chi connectivity index (χ0n) is 36.2. The van der Waals surface area contributed by atoms with Gasteiger partial charge in [-0.15, -0.1) is 0 Å². The fraction of sp³-hybridized carbons (Fsp3) is 0.820. The van der Waals surface area contributed by atoms with Crippen molar-refractivity contribution in [2.24, 2.45) is 0 Å². The minimum Gasteiger partial charge on any atom is -0.457 e. The average molecular weight is 757 g/mol. The number of ether oxygens (including phenoxy) is 2. The summed E-state index contributed by atoms with van der Waals surface area (Å²) in [5, 5.41) is 9.63.